The van der Waals surface area contributed by atoms with Gasteiger partial charge in [0.05, 0.1) is 6.10 Å². The van der Waals surface area contributed by atoms with E-state index in [2.05, 4.69) is 27.7 Å². The summed E-state index contributed by atoms with van der Waals surface area (Å²) in [5.74, 6) is 2.06. The lowest BCUT2D eigenvalue weighted by Gasteiger charge is -2.44. The van der Waals surface area contributed by atoms with Crippen LogP contribution in [0.5, 0.6) is 0 Å². The van der Waals surface area contributed by atoms with E-state index in [0.717, 1.165) is 11.8 Å². The molecule has 1 heteroatoms. The molecule has 1 saturated carbocycles. The van der Waals surface area contributed by atoms with Gasteiger partial charge < -0.3 is 5.11 Å². The predicted octanol–water partition coefficient (Wildman–Crippen LogP) is 3.86. The van der Waals surface area contributed by atoms with Crippen molar-refractivity contribution in [2.24, 2.45) is 23.2 Å². The number of hydrogen-bond donors (Lipinski definition) is 1. The molecule has 90 valence electrons. The highest BCUT2D eigenvalue weighted by atomic mass is 16.3. The molecule has 0 amide bonds. The number of aliphatic hydroxyl groups excluding tert-OH is 1. The minimum Gasteiger partial charge on any atom is -0.393 e. The average Bonchev–Trinajstić information content (AvgIpc) is 2.10. The topological polar surface area (TPSA) is 20.2 Å². The van der Waals surface area contributed by atoms with Crippen molar-refractivity contribution in [2.75, 3.05) is 0 Å². The quantitative estimate of drug-likeness (QED) is 0.753. The van der Waals surface area contributed by atoms with Gasteiger partial charge in [0, 0.05) is 0 Å². The first kappa shape index (κ1) is 13.0. The van der Waals surface area contributed by atoms with E-state index >= 15 is 0 Å². The molecule has 4 atom stereocenters. The molecule has 0 heterocycles. The molecule has 1 rings (SSSR count). The Morgan fingerprint density at radius 2 is 1.93 bits per heavy atom. The first-order chi connectivity index (χ1) is 6.84. The maximum absolute atomic E-state index is 9.61. The SMILES string of the molecule is C[C@H](O)[C@H](C)C[C@@H]1[C@@H](C)CCCC1(C)C. The molecule has 15 heavy (non-hydrogen) atoms. The van der Waals surface area contributed by atoms with E-state index in [4.69, 9.17) is 0 Å². The molecule has 1 nitrogen and oxygen atoms in total. The largest absolute Gasteiger partial charge is 0.393 e. The lowest BCUT2D eigenvalue weighted by atomic mass is 9.61. The van der Waals surface area contributed by atoms with Gasteiger partial charge in [-0.1, -0.05) is 40.5 Å². The zero-order valence-electron chi connectivity index (χ0n) is 11.1. The maximum atomic E-state index is 9.61. The van der Waals surface area contributed by atoms with Gasteiger partial charge in [0.2, 0.25) is 0 Å². The summed E-state index contributed by atoms with van der Waals surface area (Å²) in [6.45, 7) is 11.3. The molecule has 1 N–H and O–H groups in total. The Bertz CT molecular complexity index is 196. The van der Waals surface area contributed by atoms with Gasteiger partial charge in [-0.3, -0.25) is 0 Å². The Balaban J connectivity index is 2.63. The zero-order valence-corrected chi connectivity index (χ0v) is 11.1. The third-order valence-corrected chi connectivity index (χ3v) is 4.62. The Morgan fingerprint density at radius 1 is 1.33 bits per heavy atom. The number of rotatable bonds is 3. The summed E-state index contributed by atoms with van der Waals surface area (Å²) < 4.78 is 0. The lowest BCUT2D eigenvalue weighted by Crippen LogP contribution is -2.36. The van der Waals surface area contributed by atoms with Crippen molar-refractivity contribution >= 4 is 0 Å². The van der Waals surface area contributed by atoms with E-state index in [1.54, 1.807) is 0 Å². The fraction of sp³-hybridized carbons (Fsp3) is 1.00. The second-order valence-corrected chi connectivity index (χ2v) is 6.42. The molecule has 0 bridgehead atoms. The molecule has 0 aromatic heterocycles. The molecule has 0 aromatic rings. The summed E-state index contributed by atoms with van der Waals surface area (Å²) in [6, 6.07) is 0. The normalized spacial score (nSPS) is 34.8. The number of aliphatic hydroxyl groups is 1. The van der Waals surface area contributed by atoms with E-state index < -0.39 is 0 Å². The lowest BCUT2D eigenvalue weighted by molar-refractivity contribution is 0.0357. The van der Waals surface area contributed by atoms with Crippen LogP contribution in [0, 0.1) is 23.2 Å². The van der Waals surface area contributed by atoms with Crippen LogP contribution in [0.3, 0.4) is 0 Å². The number of hydrogen-bond acceptors (Lipinski definition) is 1. The highest BCUT2D eigenvalue weighted by Crippen LogP contribution is 2.46. The summed E-state index contributed by atoms with van der Waals surface area (Å²) >= 11 is 0. The summed E-state index contributed by atoms with van der Waals surface area (Å²) in [5, 5.41) is 9.61. The zero-order chi connectivity index (χ0) is 11.6. The second-order valence-electron chi connectivity index (χ2n) is 6.42. The van der Waals surface area contributed by atoms with Crippen LogP contribution in [0.1, 0.15) is 60.3 Å². The van der Waals surface area contributed by atoms with Crippen molar-refractivity contribution in [1.29, 1.82) is 0 Å². The van der Waals surface area contributed by atoms with Gasteiger partial charge in [-0.05, 0) is 42.9 Å². The van der Waals surface area contributed by atoms with Gasteiger partial charge in [-0.15, -0.1) is 0 Å². The molecular weight excluding hydrogens is 184 g/mol. The van der Waals surface area contributed by atoms with Crippen molar-refractivity contribution in [3.05, 3.63) is 0 Å². The van der Waals surface area contributed by atoms with Crippen LogP contribution < -0.4 is 0 Å². The molecule has 1 aliphatic carbocycles. The highest BCUT2D eigenvalue weighted by Gasteiger charge is 2.37. The van der Waals surface area contributed by atoms with Crippen LogP contribution in [0.2, 0.25) is 0 Å². The first-order valence-corrected chi connectivity index (χ1v) is 6.52. The summed E-state index contributed by atoms with van der Waals surface area (Å²) in [4.78, 5) is 0. The molecule has 0 radical (unpaired) electrons. The van der Waals surface area contributed by atoms with Gasteiger partial charge in [0.25, 0.3) is 0 Å². The van der Waals surface area contributed by atoms with E-state index in [0.29, 0.717) is 11.3 Å². The van der Waals surface area contributed by atoms with Crippen molar-refractivity contribution in [1.82, 2.24) is 0 Å². The van der Waals surface area contributed by atoms with Gasteiger partial charge in [-0.25, -0.2) is 0 Å². The van der Waals surface area contributed by atoms with Crippen LogP contribution in [0.25, 0.3) is 0 Å². The predicted molar refractivity (Wildman–Crippen MR) is 65.7 cm³/mol. The Morgan fingerprint density at radius 3 is 2.40 bits per heavy atom. The third kappa shape index (κ3) is 3.21. The molecular formula is C14H28O. The summed E-state index contributed by atoms with van der Waals surface area (Å²) in [7, 11) is 0. The fourth-order valence-corrected chi connectivity index (χ4v) is 3.19. The van der Waals surface area contributed by atoms with Crippen LogP contribution in [-0.4, -0.2) is 11.2 Å². The van der Waals surface area contributed by atoms with Crippen molar-refractivity contribution in [2.45, 2.75) is 66.4 Å². The van der Waals surface area contributed by atoms with E-state index in [1.165, 1.54) is 25.7 Å². The molecule has 0 aliphatic heterocycles. The van der Waals surface area contributed by atoms with Crippen molar-refractivity contribution < 1.29 is 5.11 Å². The minimum absolute atomic E-state index is 0.157. The highest BCUT2D eigenvalue weighted by molar-refractivity contribution is 4.87. The Labute approximate surface area is 95.3 Å². The molecule has 0 aromatic carbocycles. The first-order valence-electron chi connectivity index (χ1n) is 6.52. The Kier molecular flexibility index (Phi) is 4.22. The molecule has 0 saturated heterocycles. The van der Waals surface area contributed by atoms with E-state index in [-0.39, 0.29) is 6.10 Å². The Hall–Kier alpha value is -0.0400. The second kappa shape index (κ2) is 4.86. The van der Waals surface area contributed by atoms with E-state index in [9.17, 15) is 5.11 Å². The maximum Gasteiger partial charge on any atom is 0.0537 e. The monoisotopic (exact) mass is 212 g/mol. The van der Waals surface area contributed by atoms with E-state index in [1.807, 2.05) is 6.92 Å². The van der Waals surface area contributed by atoms with Gasteiger partial charge in [0.15, 0.2) is 0 Å². The summed E-state index contributed by atoms with van der Waals surface area (Å²) in [5.41, 5.74) is 0.473. The minimum atomic E-state index is -0.157. The molecule has 0 spiro atoms. The molecule has 1 aliphatic rings. The van der Waals surface area contributed by atoms with Crippen LogP contribution >= 0.6 is 0 Å². The van der Waals surface area contributed by atoms with Gasteiger partial charge >= 0.3 is 0 Å². The average molecular weight is 212 g/mol. The van der Waals surface area contributed by atoms with Crippen LogP contribution in [0.15, 0.2) is 0 Å². The van der Waals surface area contributed by atoms with Crippen LogP contribution in [0.4, 0.5) is 0 Å². The summed E-state index contributed by atoms with van der Waals surface area (Å²) in [6.07, 6.45) is 5.14. The van der Waals surface area contributed by atoms with Crippen molar-refractivity contribution in [3.63, 3.8) is 0 Å². The molecule has 1 fully saturated rings. The molecule has 0 unspecified atom stereocenters. The van der Waals surface area contributed by atoms with Gasteiger partial charge in [0.1, 0.15) is 0 Å². The van der Waals surface area contributed by atoms with Crippen LogP contribution in [-0.2, 0) is 0 Å². The standard InChI is InChI=1S/C14H28O/c1-10-7-6-8-14(4,5)13(10)9-11(2)12(3)15/h10-13,15H,6-9H2,1-5H3/t10-,11+,12-,13+/m0/s1. The smallest absolute Gasteiger partial charge is 0.0537 e. The third-order valence-electron chi connectivity index (χ3n) is 4.62. The van der Waals surface area contributed by atoms with Crippen molar-refractivity contribution in [3.8, 4) is 0 Å². The van der Waals surface area contributed by atoms with Gasteiger partial charge in [-0.2, -0.15) is 0 Å². The fourth-order valence-electron chi connectivity index (χ4n) is 3.19.